The topological polar surface area (TPSA) is 89.8 Å². The van der Waals surface area contributed by atoms with Gasteiger partial charge >= 0.3 is 5.91 Å². The van der Waals surface area contributed by atoms with E-state index in [-0.39, 0.29) is 11.9 Å². The lowest BCUT2D eigenvalue weighted by Crippen LogP contribution is -2.41. The van der Waals surface area contributed by atoms with Gasteiger partial charge in [0.15, 0.2) is 17.3 Å². The summed E-state index contributed by atoms with van der Waals surface area (Å²) in [5.41, 5.74) is 4.93. The standard InChI is InChI=1S/C17H20N2O5/c1-10(2)23-13-8-6-12(9-15(13)22-4)16(20)18-19-17(21)14-7-5-11(3)24-14/h5-10H,1-4H3,(H,18,20)(H,19,21). The molecule has 24 heavy (non-hydrogen) atoms. The molecule has 0 saturated carbocycles. The van der Waals surface area contributed by atoms with E-state index in [0.29, 0.717) is 22.8 Å². The van der Waals surface area contributed by atoms with Crippen LogP contribution in [0.4, 0.5) is 0 Å². The van der Waals surface area contributed by atoms with Crippen molar-refractivity contribution in [2.45, 2.75) is 26.9 Å². The number of rotatable bonds is 5. The van der Waals surface area contributed by atoms with Crippen molar-refractivity contribution in [3.05, 3.63) is 47.4 Å². The second kappa shape index (κ2) is 7.54. The highest BCUT2D eigenvalue weighted by molar-refractivity contribution is 5.98. The third-order valence-electron chi connectivity index (χ3n) is 3.04. The second-order valence-corrected chi connectivity index (χ2v) is 5.35. The van der Waals surface area contributed by atoms with Crippen molar-refractivity contribution in [2.75, 3.05) is 7.11 Å². The summed E-state index contributed by atoms with van der Waals surface area (Å²) in [7, 11) is 1.49. The lowest BCUT2D eigenvalue weighted by atomic mass is 10.2. The molecular weight excluding hydrogens is 312 g/mol. The van der Waals surface area contributed by atoms with Gasteiger partial charge in [0.25, 0.3) is 5.91 Å². The van der Waals surface area contributed by atoms with Gasteiger partial charge in [0.05, 0.1) is 13.2 Å². The molecule has 2 aromatic rings. The number of hydrogen-bond donors (Lipinski definition) is 2. The highest BCUT2D eigenvalue weighted by atomic mass is 16.5. The zero-order valence-electron chi connectivity index (χ0n) is 14.0. The van der Waals surface area contributed by atoms with Gasteiger partial charge in [0.2, 0.25) is 0 Å². The first-order chi connectivity index (χ1) is 11.4. The van der Waals surface area contributed by atoms with Crippen molar-refractivity contribution in [3.8, 4) is 11.5 Å². The predicted octanol–water partition coefficient (Wildman–Crippen LogP) is 2.46. The molecule has 2 rings (SSSR count). The van der Waals surface area contributed by atoms with Crippen LogP contribution in [0.5, 0.6) is 11.5 Å². The van der Waals surface area contributed by atoms with Crippen molar-refractivity contribution in [1.82, 2.24) is 10.9 Å². The number of hydrazine groups is 1. The number of ether oxygens (including phenoxy) is 2. The molecule has 0 aliphatic heterocycles. The minimum atomic E-state index is -0.539. The van der Waals surface area contributed by atoms with E-state index in [9.17, 15) is 9.59 Å². The Labute approximate surface area is 139 Å². The molecule has 1 heterocycles. The zero-order valence-corrected chi connectivity index (χ0v) is 14.0. The van der Waals surface area contributed by atoms with Crippen LogP contribution in [0, 0.1) is 6.92 Å². The van der Waals surface area contributed by atoms with E-state index in [0.717, 1.165) is 0 Å². The van der Waals surface area contributed by atoms with Crippen LogP contribution < -0.4 is 20.3 Å². The molecule has 2 amide bonds. The monoisotopic (exact) mass is 332 g/mol. The number of methoxy groups -OCH3 is 1. The van der Waals surface area contributed by atoms with Crippen LogP contribution in [0.3, 0.4) is 0 Å². The maximum Gasteiger partial charge on any atom is 0.305 e. The molecule has 7 heteroatoms. The fourth-order valence-electron chi connectivity index (χ4n) is 1.96. The van der Waals surface area contributed by atoms with E-state index < -0.39 is 11.8 Å². The Kier molecular flexibility index (Phi) is 5.47. The van der Waals surface area contributed by atoms with Crippen LogP contribution in [-0.2, 0) is 0 Å². The maximum atomic E-state index is 12.1. The summed E-state index contributed by atoms with van der Waals surface area (Å²) in [5, 5.41) is 0. The second-order valence-electron chi connectivity index (χ2n) is 5.35. The molecule has 0 unspecified atom stereocenters. The summed E-state index contributed by atoms with van der Waals surface area (Å²) >= 11 is 0. The van der Waals surface area contributed by atoms with Crippen molar-refractivity contribution < 1.29 is 23.5 Å². The quantitative estimate of drug-likeness (QED) is 0.821. The van der Waals surface area contributed by atoms with Gasteiger partial charge in [-0.25, -0.2) is 0 Å². The number of nitrogens with one attached hydrogen (secondary N) is 2. The van der Waals surface area contributed by atoms with Crippen LogP contribution >= 0.6 is 0 Å². The number of hydrogen-bond acceptors (Lipinski definition) is 5. The van der Waals surface area contributed by atoms with E-state index >= 15 is 0 Å². The molecule has 7 nitrogen and oxygen atoms in total. The Morgan fingerprint density at radius 3 is 2.33 bits per heavy atom. The molecule has 0 aliphatic rings. The Bertz CT molecular complexity index is 736. The SMILES string of the molecule is COc1cc(C(=O)NNC(=O)c2ccc(C)o2)ccc1OC(C)C. The molecule has 0 aliphatic carbocycles. The highest BCUT2D eigenvalue weighted by Gasteiger charge is 2.14. The van der Waals surface area contributed by atoms with E-state index in [2.05, 4.69) is 10.9 Å². The molecule has 2 N–H and O–H groups in total. The number of carbonyl (C=O) groups is 2. The molecule has 0 atom stereocenters. The van der Waals surface area contributed by atoms with Gasteiger partial charge in [-0.1, -0.05) is 0 Å². The smallest absolute Gasteiger partial charge is 0.305 e. The molecule has 0 spiro atoms. The molecule has 0 fully saturated rings. The normalized spacial score (nSPS) is 10.4. The van der Waals surface area contributed by atoms with Gasteiger partial charge in [0.1, 0.15) is 5.76 Å². The van der Waals surface area contributed by atoms with Gasteiger partial charge in [0, 0.05) is 5.56 Å². The van der Waals surface area contributed by atoms with Gasteiger partial charge < -0.3 is 13.9 Å². The third kappa shape index (κ3) is 4.28. The van der Waals surface area contributed by atoms with Crippen LogP contribution in [0.15, 0.2) is 34.7 Å². The summed E-state index contributed by atoms with van der Waals surface area (Å²) in [6.45, 7) is 5.51. The Balaban J connectivity index is 2.03. The van der Waals surface area contributed by atoms with Crippen molar-refractivity contribution in [3.63, 3.8) is 0 Å². The predicted molar refractivity (Wildman–Crippen MR) is 87.1 cm³/mol. The summed E-state index contributed by atoms with van der Waals surface area (Å²) in [5.74, 6) is 0.677. The summed E-state index contributed by atoms with van der Waals surface area (Å²) in [6.07, 6.45) is -0.0189. The van der Waals surface area contributed by atoms with E-state index in [1.54, 1.807) is 25.1 Å². The van der Waals surface area contributed by atoms with Gasteiger partial charge in [-0.3, -0.25) is 20.4 Å². The van der Waals surface area contributed by atoms with E-state index in [1.807, 2.05) is 13.8 Å². The molecule has 128 valence electrons. The van der Waals surface area contributed by atoms with Crippen LogP contribution in [-0.4, -0.2) is 25.0 Å². The Hall–Kier alpha value is -2.96. The molecule has 1 aromatic carbocycles. The highest BCUT2D eigenvalue weighted by Crippen LogP contribution is 2.28. The minimum Gasteiger partial charge on any atom is -0.493 e. The number of benzene rings is 1. The summed E-state index contributed by atoms with van der Waals surface area (Å²) < 4.78 is 16.0. The third-order valence-corrected chi connectivity index (χ3v) is 3.04. The first kappa shape index (κ1) is 17.4. The largest absolute Gasteiger partial charge is 0.493 e. The first-order valence-corrected chi connectivity index (χ1v) is 7.42. The zero-order chi connectivity index (χ0) is 17.7. The molecule has 0 radical (unpaired) electrons. The van der Waals surface area contributed by atoms with E-state index in [4.69, 9.17) is 13.9 Å². The molecule has 1 aromatic heterocycles. The number of aryl methyl sites for hydroxylation is 1. The maximum absolute atomic E-state index is 12.1. The van der Waals surface area contributed by atoms with Crippen LogP contribution in [0.2, 0.25) is 0 Å². The fourth-order valence-corrected chi connectivity index (χ4v) is 1.96. The first-order valence-electron chi connectivity index (χ1n) is 7.42. The number of carbonyl (C=O) groups excluding carboxylic acids is 2. The van der Waals surface area contributed by atoms with Gasteiger partial charge in [-0.15, -0.1) is 0 Å². The van der Waals surface area contributed by atoms with Crippen molar-refractivity contribution in [2.24, 2.45) is 0 Å². The average molecular weight is 332 g/mol. The lowest BCUT2D eigenvalue weighted by Gasteiger charge is -2.14. The van der Waals surface area contributed by atoms with Crippen LogP contribution in [0.1, 0.15) is 40.5 Å². The van der Waals surface area contributed by atoms with Gasteiger partial charge in [-0.05, 0) is 51.1 Å². The average Bonchev–Trinajstić information content (AvgIpc) is 2.98. The fraction of sp³-hybridized carbons (Fsp3) is 0.294. The van der Waals surface area contributed by atoms with E-state index in [1.165, 1.54) is 19.2 Å². The summed E-state index contributed by atoms with van der Waals surface area (Å²) in [4.78, 5) is 24.0. The Morgan fingerprint density at radius 1 is 1.04 bits per heavy atom. The van der Waals surface area contributed by atoms with Crippen LogP contribution in [0.25, 0.3) is 0 Å². The summed E-state index contributed by atoms with van der Waals surface area (Å²) in [6, 6.07) is 7.95. The Morgan fingerprint density at radius 2 is 1.75 bits per heavy atom. The van der Waals surface area contributed by atoms with Crippen molar-refractivity contribution in [1.29, 1.82) is 0 Å². The molecule has 0 saturated heterocycles. The van der Waals surface area contributed by atoms with Crippen molar-refractivity contribution >= 4 is 11.8 Å². The lowest BCUT2D eigenvalue weighted by molar-refractivity contribution is 0.0830. The minimum absolute atomic E-state index is 0.0189. The number of furan rings is 1. The molecular formula is C17H20N2O5. The molecule has 0 bridgehead atoms. The van der Waals surface area contributed by atoms with Gasteiger partial charge in [-0.2, -0.15) is 0 Å². The number of amides is 2.